The van der Waals surface area contributed by atoms with E-state index < -0.39 is 17.6 Å². The van der Waals surface area contributed by atoms with Gasteiger partial charge >= 0.3 is 6.18 Å². The Kier molecular flexibility index (Phi) is 8.49. The number of aromatic nitrogens is 1. The number of alkyl halides is 3. The summed E-state index contributed by atoms with van der Waals surface area (Å²) >= 11 is 0. The van der Waals surface area contributed by atoms with E-state index in [-0.39, 0.29) is 17.6 Å². The molecule has 1 aromatic heterocycles. The lowest BCUT2D eigenvalue weighted by atomic mass is 9.86. The fourth-order valence-electron chi connectivity index (χ4n) is 4.36. The number of hydrogen-bond acceptors (Lipinski definition) is 4. The fourth-order valence-corrected chi connectivity index (χ4v) is 4.36. The average Bonchev–Trinajstić information content (AvgIpc) is 3.17. The van der Waals surface area contributed by atoms with Gasteiger partial charge in [-0.2, -0.15) is 13.2 Å². The van der Waals surface area contributed by atoms with Crippen molar-refractivity contribution in [1.29, 1.82) is 0 Å². The van der Waals surface area contributed by atoms with Crippen LogP contribution in [0.5, 0.6) is 0 Å². The standard InChI is InChI=1S/C31H32F3N3O2/c1-30(2,3)24-9-6-10-25(15-14-24)39-21-7-8-23-13-16-28(35-22-23)36-17-19-37(20-18-36)29(38)26-11-4-5-12-27(26)31(32,33)34/h4-6,9,11-16,22H,10,17-21H2,1-3H3. The molecule has 4 rings (SSSR count). The molecule has 0 bridgehead atoms. The Morgan fingerprint density at radius 3 is 2.44 bits per heavy atom. The van der Waals surface area contributed by atoms with Gasteiger partial charge in [-0.25, -0.2) is 4.98 Å². The van der Waals surface area contributed by atoms with Gasteiger partial charge in [-0.15, -0.1) is 0 Å². The van der Waals surface area contributed by atoms with Gasteiger partial charge in [-0.05, 0) is 41.3 Å². The van der Waals surface area contributed by atoms with Crippen LogP contribution in [0.15, 0.2) is 78.2 Å². The number of piperazine rings is 1. The molecule has 0 atom stereocenters. The molecule has 1 saturated heterocycles. The Labute approximate surface area is 227 Å². The Morgan fingerprint density at radius 1 is 1.03 bits per heavy atom. The van der Waals surface area contributed by atoms with Crippen molar-refractivity contribution in [2.24, 2.45) is 5.41 Å². The highest BCUT2D eigenvalue weighted by molar-refractivity contribution is 5.96. The highest BCUT2D eigenvalue weighted by atomic mass is 19.4. The van der Waals surface area contributed by atoms with Gasteiger partial charge in [0.15, 0.2) is 0 Å². The van der Waals surface area contributed by atoms with E-state index in [2.05, 4.69) is 55.8 Å². The van der Waals surface area contributed by atoms with E-state index >= 15 is 0 Å². The lowest BCUT2D eigenvalue weighted by Gasteiger charge is -2.35. The monoisotopic (exact) mass is 535 g/mol. The minimum Gasteiger partial charge on any atom is -0.485 e. The van der Waals surface area contributed by atoms with Crippen molar-refractivity contribution in [2.45, 2.75) is 33.4 Å². The van der Waals surface area contributed by atoms with Gasteiger partial charge in [0.1, 0.15) is 18.2 Å². The van der Waals surface area contributed by atoms with Gasteiger partial charge in [0.05, 0.1) is 11.1 Å². The van der Waals surface area contributed by atoms with Crippen LogP contribution in [0, 0.1) is 17.3 Å². The van der Waals surface area contributed by atoms with Crippen LogP contribution in [-0.4, -0.2) is 48.6 Å². The number of ether oxygens (including phenoxy) is 1. The number of allylic oxidation sites excluding steroid dienone is 5. The van der Waals surface area contributed by atoms with Crippen molar-refractivity contribution in [3.63, 3.8) is 0 Å². The van der Waals surface area contributed by atoms with E-state index in [9.17, 15) is 18.0 Å². The van der Waals surface area contributed by atoms with Crippen LogP contribution in [0.2, 0.25) is 0 Å². The minimum atomic E-state index is -4.58. The van der Waals surface area contributed by atoms with Crippen LogP contribution in [0.4, 0.5) is 19.0 Å². The third kappa shape index (κ3) is 7.32. The quantitative estimate of drug-likeness (QED) is 0.435. The first-order chi connectivity index (χ1) is 18.5. The van der Waals surface area contributed by atoms with Crippen molar-refractivity contribution in [1.82, 2.24) is 9.88 Å². The third-order valence-corrected chi connectivity index (χ3v) is 6.60. The van der Waals surface area contributed by atoms with Crippen LogP contribution < -0.4 is 4.90 Å². The van der Waals surface area contributed by atoms with Gasteiger partial charge in [0.2, 0.25) is 0 Å². The lowest BCUT2D eigenvalue weighted by molar-refractivity contribution is -0.138. The summed E-state index contributed by atoms with van der Waals surface area (Å²) in [5.41, 5.74) is 0.856. The van der Waals surface area contributed by atoms with Gasteiger partial charge < -0.3 is 14.5 Å². The maximum atomic E-state index is 13.3. The molecular weight excluding hydrogens is 503 g/mol. The molecule has 1 aliphatic carbocycles. The molecule has 8 heteroatoms. The maximum Gasteiger partial charge on any atom is 0.417 e. The number of amides is 1. The first-order valence-electron chi connectivity index (χ1n) is 12.9. The maximum absolute atomic E-state index is 13.3. The first kappa shape index (κ1) is 28.0. The van der Waals surface area contributed by atoms with Crippen molar-refractivity contribution in [2.75, 3.05) is 37.7 Å². The zero-order valence-corrected chi connectivity index (χ0v) is 22.4. The zero-order chi connectivity index (χ0) is 28.0. The van der Waals surface area contributed by atoms with Gasteiger partial charge in [0.25, 0.3) is 5.91 Å². The third-order valence-electron chi connectivity index (χ3n) is 6.60. The van der Waals surface area contributed by atoms with Crippen molar-refractivity contribution in [3.8, 4) is 11.8 Å². The summed E-state index contributed by atoms with van der Waals surface area (Å²) in [6.45, 7) is 8.37. The summed E-state index contributed by atoms with van der Waals surface area (Å²) in [7, 11) is 0. The summed E-state index contributed by atoms with van der Waals surface area (Å²) in [5.74, 6) is 7.08. The van der Waals surface area contributed by atoms with Gasteiger partial charge in [-0.3, -0.25) is 4.79 Å². The van der Waals surface area contributed by atoms with Crippen molar-refractivity contribution < 1.29 is 22.7 Å². The van der Waals surface area contributed by atoms with E-state index in [1.165, 1.54) is 28.7 Å². The molecule has 2 aromatic rings. The second kappa shape index (κ2) is 11.8. The van der Waals surface area contributed by atoms with E-state index in [1.807, 2.05) is 23.1 Å². The van der Waals surface area contributed by atoms with Gasteiger partial charge in [0, 0.05) is 44.4 Å². The number of benzene rings is 1. The van der Waals surface area contributed by atoms with E-state index in [0.29, 0.717) is 26.2 Å². The molecule has 1 aliphatic heterocycles. The highest BCUT2D eigenvalue weighted by Crippen LogP contribution is 2.32. The number of nitrogens with zero attached hydrogens (tertiary/aromatic N) is 3. The minimum absolute atomic E-state index is 0.0786. The lowest BCUT2D eigenvalue weighted by Crippen LogP contribution is -2.49. The highest BCUT2D eigenvalue weighted by Gasteiger charge is 2.36. The van der Waals surface area contributed by atoms with Crippen LogP contribution >= 0.6 is 0 Å². The molecule has 0 radical (unpaired) electrons. The summed E-state index contributed by atoms with van der Waals surface area (Å²) in [4.78, 5) is 20.8. The predicted octanol–water partition coefficient (Wildman–Crippen LogP) is 6.25. The largest absolute Gasteiger partial charge is 0.485 e. The van der Waals surface area contributed by atoms with Crippen LogP contribution in [0.25, 0.3) is 0 Å². The van der Waals surface area contributed by atoms with Gasteiger partial charge in [-0.1, -0.05) is 63.0 Å². The fraction of sp³-hybridized carbons (Fsp3) is 0.355. The number of rotatable bonds is 4. The molecule has 0 unspecified atom stereocenters. The SMILES string of the molecule is CC(C)(C)C1=CC=C(OCC#Cc2ccc(N3CCN(C(=O)c4ccccc4C(F)(F)F)CC3)nc2)CC=C1. The molecule has 0 saturated carbocycles. The number of hydrogen-bond donors (Lipinski definition) is 0. The van der Waals surface area contributed by atoms with Crippen LogP contribution in [0.3, 0.4) is 0 Å². The normalized spacial score (nSPS) is 16.1. The Hall–Kier alpha value is -3.99. The smallest absolute Gasteiger partial charge is 0.417 e. The molecule has 1 fully saturated rings. The number of carbonyl (C=O) groups is 1. The number of anilines is 1. The molecule has 0 spiro atoms. The number of carbonyl (C=O) groups excluding carboxylic acids is 1. The second-order valence-corrected chi connectivity index (χ2v) is 10.4. The van der Waals surface area contributed by atoms with Crippen molar-refractivity contribution in [3.05, 3.63) is 94.9 Å². The Bertz CT molecular complexity index is 1330. The zero-order valence-electron chi connectivity index (χ0n) is 22.4. The van der Waals surface area contributed by atoms with E-state index in [1.54, 1.807) is 6.20 Å². The molecule has 204 valence electrons. The van der Waals surface area contributed by atoms with Crippen LogP contribution in [0.1, 0.15) is 48.7 Å². The molecule has 1 amide bonds. The topological polar surface area (TPSA) is 45.7 Å². The Balaban J connectivity index is 1.29. The molecule has 2 heterocycles. The molecule has 5 nitrogen and oxygen atoms in total. The predicted molar refractivity (Wildman–Crippen MR) is 146 cm³/mol. The average molecular weight is 536 g/mol. The van der Waals surface area contributed by atoms with Crippen LogP contribution in [-0.2, 0) is 10.9 Å². The second-order valence-electron chi connectivity index (χ2n) is 10.4. The summed E-state index contributed by atoms with van der Waals surface area (Å²) < 4.78 is 45.8. The Morgan fingerprint density at radius 2 is 1.77 bits per heavy atom. The number of pyridine rings is 1. The number of halogens is 3. The summed E-state index contributed by atoms with van der Waals surface area (Å²) in [6, 6.07) is 8.64. The molecule has 39 heavy (non-hydrogen) atoms. The van der Waals surface area contributed by atoms with E-state index in [4.69, 9.17) is 4.74 Å². The van der Waals surface area contributed by atoms with E-state index in [0.717, 1.165) is 29.6 Å². The molecule has 1 aromatic carbocycles. The molecule has 2 aliphatic rings. The molecular formula is C31H32F3N3O2. The molecule has 0 N–H and O–H groups in total. The first-order valence-corrected chi connectivity index (χ1v) is 12.9. The summed E-state index contributed by atoms with van der Waals surface area (Å²) in [6.07, 6.45) is 6.16. The van der Waals surface area contributed by atoms with Crippen molar-refractivity contribution >= 4 is 11.7 Å². The summed E-state index contributed by atoms with van der Waals surface area (Å²) in [5, 5.41) is 0.